The second-order valence-corrected chi connectivity index (χ2v) is 6.98. The molecule has 0 amide bonds. The second-order valence-electron chi connectivity index (χ2n) is 6.12. The molecule has 0 saturated carbocycles. The highest BCUT2D eigenvalue weighted by Crippen LogP contribution is 2.37. The zero-order valence-electron chi connectivity index (χ0n) is 16.0. The molecule has 2 N–H and O–H groups in total. The van der Waals surface area contributed by atoms with Gasteiger partial charge >= 0.3 is 0 Å². The van der Waals surface area contributed by atoms with Crippen molar-refractivity contribution in [3.05, 3.63) is 57.6 Å². The highest BCUT2D eigenvalue weighted by molar-refractivity contribution is 9.10. The Bertz CT molecular complexity index is 691. The Kier molecular flexibility index (Phi) is 9.62. The van der Waals surface area contributed by atoms with Crippen LogP contribution in [0.4, 0.5) is 0 Å². The molecule has 0 bridgehead atoms. The maximum Gasteiger partial charge on any atom is 0.175 e. The highest BCUT2D eigenvalue weighted by atomic mass is 79.9. The smallest absolute Gasteiger partial charge is 0.175 e. The largest absolute Gasteiger partial charge is 0.490 e. The topological polar surface area (TPSA) is 60.0 Å². The predicted octanol–water partition coefficient (Wildman–Crippen LogP) is 3.83. The summed E-state index contributed by atoms with van der Waals surface area (Å²) >= 11 is 3.61. The Morgan fingerprint density at radius 2 is 1.81 bits per heavy atom. The Labute approximate surface area is 169 Å². The molecule has 0 aromatic heterocycles. The van der Waals surface area contributed by atoms with Crippen molar-refractivity contribution in [2.75, 3.05) is 33.0 Å². The average molecular weight is 438 g/mol. The van der Waals surface area contributed by atoms with Crippen LogP contribution in [0.1, 0.15) is 23.6 Å². The van der Waals surface area contributed by atoms with E-state index in [0.717, 1.165) is 21.3 Å². The van der Waals surface area contributed by atoms with E-state index in [1.165, 1.54) is 5.56 Å². The van der Waals surface area contributed by atoms with Gasteiger partial charge in [0.2, 0.25) is 0 Å². The van der Waals surface area contributed by atoms with E-state index in [-0.39, 0.29) is 6.61 Å². The van der Waals surface area contributed by atoms with Crippen molar-refractivity contribution in [2.45, 2.75) is 27.0 Å². The molecule has 0 fully saturated rings. The molecule has 0 spiro atoms. The summed E-state index contributed by atoms with van der Waals surface area (Å²) < 4.78 is 17.9. The van der Waals surface area contributed by atoms with E-state index in [9.17, 15) is 0 Å². The number of aliphatic hydroxyl groups is 1. The molecule has 0 unspecified atom stereocenters. The van der Waals surface area contributed by atoms with Crippen LogP contribution in [0.5, 0.6) is 11.5 Å². The van der Waals surface area contributed by atoms with Gasteiger partial charge in [-0.05, 0) is 53.0 Å². The van der Waals surface area contributed by atoms with E-state index in [1.807, 2.05) is 19.1 Å². The number of aliphatic hydroxyl groups excluding tert-OH is 1. The van der Waals surface area contributed by atoms with Crippen molar-refractivity contribution < 1.29 is 19.3 Å². The SMILES string of the molecule is CCOc1cc(CNCCOCCO)cc(Br)c1OCc1ccc(C)cc1. The molecule has 0 aliphatic rings. The quantitative estimate of drug-likeness (QED) is 0.494. The molecule has 0 saturated heterocycles. The van der Waals surface area contributed by atoms with E-state index in [2.05, 4.69) is 52.4 Å². The van der Waals surface area contributed by atoms with Gasteiger partial charge in [0, 0.05) is 13.1 Å². The lowest BCUT2D eigenvalue weighted by Crippen LogP contribution is -2.20. The molecule has 0 heterocycles. The molecule has 0 radical (unpaired) electrons. The maximum atomic E-state index is 8.69. The van der Waals surface area contributed by atoms with Crippen molar-refractivity contribution in [3.8, 4) is 11.5 Å². The number of nitrogens with one attached hydrogen (secondary N) is 1. The molecule has 27 heavy (non-hydrogen) atoms. The summed E-state index contributed by atoms with van der Waals surface area (Å²) in [6, 6.07) is 12.3. The Morgan fingerprint density at radius 3 is 2.52 bits per heavy atom. The van der Waals surface area contributed by atoms with Crippen LogP contribution in [0, 0.1) is 6.92 Å². The van der Waals surface area contributed by atoms with Gasteiger partial charge in [-0.3, -0.25) is 0 Å². The van der Waals surface area contributed by atoms with Crippen molar-refractivity contribution in [1.29, 1.82) is 0 Å². The average Bonchev–Trinajstić information content (AvgIpc) is 2.65. The molecule has 0 aliphatic heterocycles. The number of aryl methyl sites for hydroxylation is 1. The molecule has 5 nitrogen and oxygen atoms in total. The van der Waals surface area contributed by atoms with Crippen LogP contribution in [0.2, 0.25) is 0 Å². The zero-order valence-corrected chi connectivity index (χ0v) is 17.5. The monoisotopic (exact) mass is 437 g/mol. The summed E-state index contributed by atoms with van der Waals surface area (Å²) in [4.78, 5) is 0. The Balaban J connectivity index is 1.98. The van der Waals surface area contributed by atoms with Gasteiger partial charge in [0.05, 0.1) is 30.9 Å². The fourth-order valence-corrected chi connectivity index (χ4v) is 3.11. The van der Waals surface area contributed by atoms with Crippen LogP contribution in [0.15, 0.2) is 40.9 Å². The third kappa shape index (κ3) is 7.50. The lowest BCUT2D eigenvalue weighted by atomic mass is 10.1. The lowest BCUT2D eigenvalue weighted by Gasteiger charge is -2.16. The summed E-state index contributed by atoms with van der Waals surface area (Å²) in [6.07, 6.45) is 0. The van der Waals surface area contributed by atoms with E-state index in [4.69, 9.17) is 19.3 Å². The number of hydrogen-bond acceptors (Lipinski definition) is 5. The highest BCUT2D eigenvalue weighted by Gasteiger charge is 2.12. The summed E-state index contributed by atoms with van der Waals surface area (Å²) in [7, 11) is 0. The first-order valence-electron chi connectivity index (χ1n) is 9.17. The van der Waals surface area contributed by atoms with Gasteiger partial charge in [-0.15, -0.1) is 0 Å². The number of hydrogen-bond donors (Lipinski definition) is 2. The molecule has 148 valence electrons. The van der Waals surface area contributed by atoms with Crippen LogP contribution in [0.25, 0.3) is 0 Å². The number of rotatable bonds is 12. The summed E-state index contributed by atoms with van der Waals surface area (Å²) in [6.45, 7) is 7.48. The minimum Gasteiger partial charge on any atom is -0.490 e. The fourth-order valence-electron chi connectivity index (χ4n) is 2.51. The van der Waals surface area contributed by atoms with Crippen molar-refractivity contribution in [1.82, 2.24) is 5.32 Å². The number of benzene rings is 2. The summed E-state index contributed by atoms with van der Waals surface area (Å²) in [5, 5.41) is 12.0. The van der Waals surface area contributed by atoms with E-state index < -0.39 is 0 Å². The molecule has 0 aliphatic carbocycles. The van der Waals surface area contributed by atoms with Crippen molar-refractivity contribution >= 4 is 15.9 Å². The van der Waals surface area contributed by atoms with Crippen LogP contribution in [-0.2, 0) is 17.9 Å². The minimum atomic E-state index is 0.0503. The maximum absolute atomic E-state index is 8.69. The van der Waals surface area contributed by atoms with Crippen LogP contribution in [-0.4, -0.2) is 38.1 Å². The van der Waals surface area contributed by atoms with Gasteiger partial charge in [-0.1, -0.05) is 29.8 Å². The summed E-state index contributed by atoms with van der Waals surface area (Å²) in [5.74, 6) is 1.44. The van der Waals surface area contributed by atoms with Gasteiger partial charge in [0.15, 0.2) is 11.5 Å². The van der Waals surface area contributed by atoms with Crippen molar-refractivity contribution in [2.24, 2.45) is 0 Å². The van der Waals surface area contributed by atoms with Gasteiger partial charge in [-0.25, -0.2) is 0 Å². The summed E-state index contributed by atoms with van der Waals surface area (Å²) in [5.41, 5.74) is 3.44. The lowest BCUT2D eigenvalue weighted by molar-refractivity contribution is 0.0938. The predicted molar refractivity (Wildman–Crippen MR) is 110 cm³/mol. The van der Waals surface area contributed by atoms with Crippen LogP contribution in [0.3, 0.4) is 0 Å². The standard InChI is InChI=1S/C21H28BrNO4/c1-3-26-20-13-18(14-23-8-10-25-11-9-24)12-19(22)21(20)27-15-17-6-4-16(2)5-7-17/h4-7,12-13,23-24H,3,8-11,14-15H2,1-2H3. The van der Waals surface area contributed by atoms with Crippen LogP contribution < -0.4 is 14.8 Å². The van der Waals surface area contributed by atoms with Gasteiger partial charge < -0.3 is 24.6 Å². The van der Waals surface area contributed by atoms with E-state index in [1.54, 1.807) is 0 Å². The first-order chi connectivity index (χ1) is 13.1. The molecule has 6 heteroatoms. The first kappa shape index (κ1) is 21.7. The molecule has 2 aromatic carbocycles. The van der Waals surface area contributed by atoms with Gasteiger partial charge in [-0.2, -0.15) is 0 Å². The second kappa shape index (κ2) is 12.0. The normalized spacial score (nSPS) is 10.8. The third-order valence-electron chi connectivity index (χ3n) is 3.86. The fraction of sp³-hybridized carbons (Fsp3) is 0.429. The van der Waals surface area contributed by atoms with E-state index >= 15 is 0 Å². The molecular formula is C21H28BrNO4. The molecule has 2 aromatic rings. The third-order valence-corrected chi connectivity index (χ3v) is 4.45. The Hall–Kier alpha value is -1.60. The van der Waals surface area contributed by atoms with E-state index in [0.29, 0.717) is 45.3 Å². The zero-order chi connectivity index (χ0) is 19.5. The first-order valence-corrected chi connectivity index (χ1v) is 9.96. The molecular weight excluding hydrogens is 410 g/mol. The van der Waals surface area contributed by atoms with Crippen LogP contribution >= 0.6 is 15.9 Å². The number of halogens is 1. The Morgan fingerprint density at radius 1 is 1.04 bits per heavy atom. The molecule has 2 rings (SSSR count). The molecule has 0 atom stereocenters. The van der Waals surface area contributed by atoms with Crippen molar-refractivity contribution in [3.63, 3.8) is 0 Å². The van der Waals surface area contributed by atoms with Gasteiger partial charge in [0.25, 0.3) is 0 Å². The minimum absolute atomic E-state index is 0.0503. The van der Waals surface area contributed by atoms with Gasteiger partial charge in [0.1, 0.15) is 6.61 Å². The number of ether oxygens (including phenoxy) is 3.